The van der Waals surface area contributed by atoms with Crippen molar-refractivity contribution in [2.24, 2.45) is 5.73 Å². The molecule has 2 aromatic heterocycles. The van der Waals surface area contributed by atoms with Crippen LogP contribution in [0.4, 0.5) is 0 Å². The van der Waals surface area contributed by atoms with Crippen molar-refractivity contribution < 1.29 is 0 Å². The van der Waals surface area contributed by atoms with E-state index in [9.17, 15) is 0 Å². The van der Waals surface area contributed by atoms with Gasteiger partial charge in [0.2, 0.25) is 0 Å². The molecule has 0 bridgehead atoms. The molecule has 0 radical (unpaired) electrons. The average molecular weight is 296 g/mol. The molecule has 3 rings (SSSR count). The number of hydrogen-bond donors (Lipinski definition) is 3. The third-order valence-corrected chi connectivity index (χ3v) is 4.22. The number of aryl methyl sites for hydroxylation is 1. The van der Waals surface area contributed by atoms with Gasteiger partial charge in [0.25, 0.3) is 0 Å². The molecule has 0 amide bonds. The number of aromatic nitrogens is 3. The molecule has 4 nitrogen and oxygen atoms in total. The summed E-state index contributed by atoms with van der Waals surface area (Å²) < 4.78 is 0. The Morgan fingerprint density at radius 1 is 1.23 bits per heavy atom. The van der Waals surface area contributed by atoms with E-state index >= 15 is 0 Å². The van der Waals surface area contributed by atoms with Gasteiger partial charge in [0.1, 0.15) is 0 Å². The first-order chi connectivity index (χ1) is 10.4. The van der Waals surface area contributed by atoms with Gasteiger partial charge in [-0.25, -0.2) is 0 Å². The van der Waals surface area contributed by atoms with Crippen LogP contribution in [0.1, 0.15) is 49.2 Å². The van der Waals surface area contributed by atoms with Gasteiger partial charge in [-0.1, -0.05) is 32.4 Å². The van der Waals surface area contributed by atoms with E-state index in [4.69, 9.17) is 5.73 Å². The van der Waals surface area contributed by atoms with Crippen LogP contribution >= 0.6 is 0 Å². The molecule has 0 spiro atoms. The predicted octanol–water partition coefficient (Wildman–Crippen LogP) is 3.59. The molecule has 22 heavy (non-hydrogen) atoms. The van der Waals surface area contributed by atoms with Gasteiger partial charge in [-0.15, -0.1) is 0 Å². The largest absolute Gasteiger partial charge is 0.361 e. The smallest absolute Gasteiger partial charge is 0.0678 e. The lowest BCUT2D eigenvalue weighted by atomic mass is 9.90. The van der Waals surface area contributed by atoms with Crippen LogP contribution in [-0.4, -0.2) is 21.7 Å². The highest BCUT2D eigenvalue weighted by Crippen LogP contribution is 2.31. The zero-order valence-electron chi connectivity index (χ0n) is 13.7. The van der Waals surface area contributed by atoms with Gasteiger partial charge < -0.3 is 10.7 Å². The van der Waals surface area contributed by atoms with E-state index in [0.717, 1.165) is 16.9 Å². The van der Waals surface area contributed by atoms with Crippen molar-refractivity contribution in [2.75, 3.05) is 6.54 Å². The number of H-pyrrole nitrogens is 2. The quantitative estimate of drug-likeness (QED) is 0.691. The van der Waals surface area contributed by atoms with Gasteiger partial charge in [0.15, 0.2) is 0 Å². The topological polar surface area (TPSA) is 70.5 Å². The maximum absolute atomic E-state index is 6.08. The second kappa shape index (κ2) is 5.29. The molecule has 0 fully saturated rings. The second-order valence-corrected chi connectivity index (χ2v) is 7.04. The first kappa shape index (κ1) is 14.9. The number of hydrogen-bond acceptors (Lipinski definition) is 2. The fourth-order valence-corrected chi connectivity index (χ4v) is 2.87. The fourth-order valence-electron chi connectivity index (χ4n) is 2.87. The fraction of sp³-hybridized carbons (Fsp3) is 0.389. The summed E-state index contributed by atoms with van der Waals surface area (Å²) in [7, 11) is 0. The molecular weight excluding hydrogens is 272 g/mol. The molecule has 116 valence electrons. The molecule has 1 atom stereocenters. The molecule has 1 unspecified atom stereocenters. The van der Waals surface area contributed by atoms with Crippen molar-refractivity contribution in [3.05, 3.63) is 53.0 Å². The van der Waals surface area contributed by atoms with Crippen LogP contribution in [0.25, 0.3) is 10.9 Å². The number of benzene rings is 1. The third-order valence-electron chi connectivity index (χ3n) is 4.22. The Bertz CT molecular complexity index is 789. The van der Waals surface area contributed by atoms with Crippen LogP contribution < -0.4 is 5.73 Å². The lowest BCUT2D eigenvalue weighted by Crippen LogP contribution is -2.14. The maximum Gasteiger partial charge on any atom is 0.0678 e. The third kappa shape index (κ3) is 2.55. The van der Waals surface area contributed by atoms with E-state index in [2.05, 4.69) is 73.3 Å². The Morgan fingerprint density at radius 2 is 2.00 bits per heavy atom. The minimum absolute atomic E-state index is 0.0324. The molecule has 0 aliphatic heterocycles. The summed E-state index contributed by atoms with van der Waals surface area (Å²) in [6.45, 7) is 9.16. The van der Waals surface area contributed by atoms with Crippen molar-refractivity contribution in [1.82, 2.24) is 15.2 Å². The molecule has 2 heterocycles. The van der Waals surface area contributed by atoms with Crippen molar-refractivity contribution in [3.63, 3.8) is 0 Å². The van der Waals surface area contributed by atoms with E-state index in [1.807, 2.05) is 0 Å². The van der Waals surface area contributed by atoms with Crippen molar-refractivity contribution in [3.8, 4) is 0 Å². The van der Waals surface area contributed by atoms with Gasteiger partial charge in [0, 0.05) is 40.7 Å². The molecule has 1 aromatic carbocycles. The zero-order valence-corrected chi connectivity index (χ0v) is 13.7. The molecule has 0 aliphatic carbocycles. The summed E-state index contributed by atoms with van der Waals surface area (Å²) >= 11 is 0. The number of aromatic amines is 2. The first-order valence-electron chi connectivity index (χ1n) is 7.73. The number of nitrogens with one attached hydrogen (secondary N) is 2. The predicted molar refractivity (Wildman–Crippen MR) is 91.2 cm³/mol. The minimum atomic E-state index is 0.0324. The highest BCUT2D eigenvalue weighted by Gasteiger charge is 2.23. The lowest BCUT2D eigenvalue weighted by Gasteiger charge is -2.14. The number of nitrogens with zero attached hydrogens (tertiary/aromatic N) is 1. The van der Waals surface area contributed by atoms with E-state index in [-0.39, 0.29) is 11.3 Å². The van der Waals surface area contributed by atoms with E-state index in [0.29, 0.717) is 6.54 Å². The van der Waals surface area contributed by atoms with Crippen molar-refractivity contribution in [1.29, 1.82) is 0 Å². The average Bonchev–Trinajstić information content (AvgIpc) is 3.07. The Hall–Kier alpha value is -2.07. The Morgan fingerprint density at radius 3 is 2.64 bits per heavy atom. The summed E-state index contributed by atoms with van der Waals surface area (Å²) in [5.74, 6) is 0.124. The molecule has 4 heteroatoms. The molecule has 0 saturated heterocycles. The van der Waals surface area contributed by atoms with Crippen LogP contribution in [0.15, 0.2) is 30.5 Å². The van der Waals surface area contributed by atoms with Crippen LogP contribution in [-0.2, 0) is 5.41 Å². The SMILES string of the molecule is Cc1ccc2[nH]cc(C(CN)c3cc(C(C)(C)C)n[nH]3)c2c1. The Labute approximate surface area is 131 Å². The summed E-state index contributed by atoms with van der Waals surface area (Å²) in [6.07, 6.45) is 2.07. The number of fused-ring (bicyclic) bond motifs is 1. The lowest BCUT2D eigenvalue weighted by molar-refractivity contribution is 0.567. The summed E-state index contributed by atoms with van der Waals surface area (Å²) in [5.41, 5.74) is 11.9. The van der Waals surface area contributed by atoms with E-state index in [1.54, 1.807) is 0 Å². The minimum Gasteiger partial charge on any atom is -0.361 e. The summed E-state index contributed by atoms with van der Waals surface area (Å²) in [4.78, 5) is 3.35. The Balaban J connectivity index is 2.06. The van der Waals surface area contributed by atoms with E-state index in [1.165, 1.54) is 16.5 Å². The molecule has 0 aliphatic rings. The van der Waals surface area contributed by atoms with Crippen LogP contribution in [0.5, 0.6) is 0 Å². The van der Waals surface area contributed by atoms with Gasteiger partial charge in [-0.2, -0.15) is 5.10 Å². The van der Waals surface area contributed by atoms with Crippen LogP contribution in [0, 0.1) is 6.92 Å². The van der Waals surface area contributed by atoms with Crippen molar-refractivity contribution >= 4 is 10.9 Å². The highest BCUT2D eigenvalue weighted by molar-refractivity contribution is 5.84. The van der Waals surface area contributed by atoms with E-state index < -0.39 is 0 Å². The maximum atomic E-state index is 6.08. The second-order valence-electron chi connectivity index (χ2n) is 7.04. The van der Waals surface area contributed by atoms with Gasteiger partial charge in [-0.3, -0.25) is 5.10 Å². The number of rotatable bonds is 3. The molecule has 4 N–H and O–H groups in total. The van der Waals surface area contributed by atoms with Crippen LogP contribution in [0.3, 0.4) is 0 Å². The molecule has 0 saturated carbocycles. The normalized spacial score (nSPS) is 13.7. The first-order valence-corrected chi connectivity index (χ1v) is 7.73. The van der Waals surface area contributed by atoms with Gasteiger partial charge in [-0.05, 0) is 30.7 Å². The zero-order chi connectivity index (χ0) is 15.9. The van der Waals surface area contributed by atoms with Gasteiger partial charge in [0.05, 0.1) is 5.69 Å². The van der Waals surface area contributed by atoms with Crippen LogP contribution in [0.2, 0.25) is 0 Å². The number of nitrogens with two attached hydrogens (primary N) is 1. The summed E-state index contributed by atoms with van der Waals surface area (Å²) in [5, 5.41) is 8.90. The van der Waals surface area contributed by atoms with Gasteiger partial charge >= 0.3 is 0 Å². The van der Waals surface area contributed by atoms with Crippen molar-refractivity contribution in [2.45, 2.75) is 39.0 Å². The highest BCUT2D eigenvalue weighted by atomic mass is 15.1. The Kier molecular flexibility index (Phi) is 3.57. The summed E-state index contributed by atoms with van der Waals surface area (Å²) in [6, 6.07) is 8.60. The monoisotopic (exact) mass is 296 g/mol. The molecular formula is C18H24N4. The molecule has 3 aromatic rings. The standard InChI is InChI=1S/C18H24N4/c1-11-5-6-15-12(7-11)14(10-20-15)13(9-19)16-8-17(22-21-16)18(2,3)4/h5-8,10,13,20H,9,19H2,1-4H3,(H,21,22).